The second-order valence-electron chi connectivity index (χ2n) is 1.99. The summed E-state index contributed by atoms with van der Waals surface area (Å²) in [5, 5.41) is 8.32. The fourth-order valence-corrected chi connectivity index (χ4v) is 2.94. The van der Waals surface area contributed by atoms with Gasteiger partial charge < -0.3 is 5.11 Å². The molecule has 0 amide bonds. The van der Waals surface area contributed by atoms with Crippen LogP contribution in [0.1, 0.15) is 6.42 Å². The maximum atomic E-state index is 8.32. The molecule has 1 nitrogen and oxygen atoms in total. The Kier molecular flexibility index (Phi) is 4.36. The molecular formula is C8H10OS2. The minimum absolute atomic E-state index is 1.02. The summed E-state index contributed by atoms with van der Waals surface area (Å²) in [7, 11) is 0. The van der Waals surface area contributed by atoms with Crippen LogP contribution >= 0.6 is 23.5 Å². The average Bonchev–Trinajstić information content (AvgIpc) is 2.07. The molecule has 0 bridgehead atoms. The highest BCUT2D eigenvalue weighted by molar-refractivity contribution is 8.22. The zero-order valence-electron chi connectivity index (χ0n) is 6.12. The van der Waals surface area contributed by atoms with E-state index in [0.29, 0.717) is 0 Å². The third kappa shape index (κ3) is 3.61. The van der Waals surface area contributed by atoms with Gasteiger partial charge in [0.2, 0.25) is 0 Å². The van der Waals surface area contributed by atoms with Crippen molar-refractivity contribution in [3.05, 3.63) is 28.4 Å². The highest BCUT2D eigenvalue weighted by atomic mass is 32.2. The van der Waals surface area contributed by atoms with E-state index in [9.17, 15) is 0 Å². The van der Waals surface area contributed by atoms with Crippen LogP contribution in [0.25, 0.3) is 0 Å². The van der Waals surface area contributed by atoms with Crippen LogP contribution in [0.15, 0.2) is 28.4 Å². The molecular weight excluding hydrogens is 176 g/mol. The van der Waals surface area contributed by atoms with E-state index in [4.69, 9.17) is 5.11 Å². The van der Waals surface area contributed by atoms with Gasteiger partial charge in [-0.3, -0.25) is 0 Å². The monoisotopic (exact) mass is 186 g/mol. The quantitative estimate of drug-likeness (QED) is 0.386. The van der Waals surface area contributed by atoms with Crippen LogP contribution in [-0.4, -0.2) is 16.6 Å². The van der Waals surface area contributed by atoms with Crippen molar-refractivity contribution >= 4 is 23.5 Å². The molecule has 0 saturated carbocycles. The molecule has 1 aliphatic rings. The van der Waals surface area contributed by atoms with E-state index >= 15 is 0 Å². The van der Waals surface area contributed by atoms with Crippen LogP contribution in [0.3, 0.4) is 0 Å². The number of aliphatic hydroxyl groups excluding tert-OH is 1. The molecule has 0 unspecified atom stereocenters. The zero-order chi connectivity index (χ0) is 7.94. The number of rotatable bonds is 1. The van der Waals surface area contributed by atoms with Gasteiger partial charge in [-0.25, -0.2) is 0 Å². The van der Waals surface area contributed by atoms with E-state index in [1.165, 1.54) is 22.2 Å². The van der Waals surface area contributed by atoms with Crippen LogP contribution in [-0.2, 0) is 0 Å². The van der Waals surface area contributed by atoms with Gasteiger partial charge in [0.05, 0.1) is 10.5 Å². The first-order chi connectivity index (χ1) is 5.43. The maximum absolute atomic E-state index is 8.32. The smallest absolute Gasteiger partial charge is 0.0825 e. The van der Waals surface area contributed by atoms with Crippen molar-refractivity contribution in [2.45, 2.75) is 6.42 Å². The average molecular weight is 186 g/mol. The summed E-state index contributed by atoms with van der Waals surface area (Å²) in [6.45, 7) is 0. The Bertz CT molecular complexity index is 194. The van der Waals surface area contributed by atoms with Crippen LogP contribution in [0.5, 0.6) is 0 Å². The Morgan fingerprint density at radius 1 is 1.36 bits per heavy atom. The number of aliphatic hydroxyl groups is 1. The molecule has 0 aromatic rings. The zero-order valence-corrected chi connectivity index (χ0v) is 7.75. The minimum Gasteiger partial charge on any atom is -0.516 e. The molecule has 0 radical (unpaired) electrons. The molecule has 1 fully saturated rings. The van der Waals surface area contributed by atoms with Crippen LogP contribution in [0.4, 0.5) is 0 Å². The highest BCUT2D eigenvalue weighted by Crippen LogP contribution is 2.33. The lowest BCUT2D eigenvalue weighted by molar-refractivity contribution is 0.474. The first-order valence-corrected chi connectivity index (χ1v) is 5.42. The van der Waals surface area contributed by atoms with Crippen LogP contribution in [0.2, 0.25) is 0 Å². The summed E-state index contributed by atoms with van der Waals surface area (Å²) in [6, 6.07) is 0. The van der Waals surface area contributed by atoms with Gasteiger partial charge in [0, 0.05) is 0 Å². The highest BCUT2D eigenvalue weighted by Gasteiger charge is 2.03. The van der Waals surface area contributed by atoms with Gasteiger partial charge in [-0.2, -0.15) is 0 Å². The Hall–Kier alpha value is -0.240. The topological polar surface area (TPSA) is 20.2 Å². The molecule has 3 heteroatoms. The fraction of sp³-hybridized carbons (Fsp3) is 0.375. The molecule has 0 aromatic heterocycles. The molecule has 0 atom stereocenters. The Morgan fingerprint density at radius 3 is 2.73 bits per heavy atom. The summed E-state index contributed by atoms with van der Waals surface area (Å²) < 4.78 is 1.23. The van der Waals surface area contributed by atoms with E-state index in [0.717, 1.165) is 6.26 Å². The van der Waals surface area contributed by atoms with Crippen molar-refractivity contribution in [1.82, 2.24) is 0 Å². The summed E-state index contributed by atoms with van der Waals surface area (Å²) in [5.41, 5.74) is 3.09. The normalized spacial score (nSPS) is 18.4. The number of hydrogen-bond acceptors (Lipinski definition) is 3. The van der Waals surface area contributed by atoms with Crippen molar-refractivity contribution in [2.24, 2.45) is 0 Å². The molecule has 1 saturated heterocycles. The Morgan fingerprint density at radius 2 is 2.09 bits per heavy atom. The first-order valence-electron chi connectivity index (χ1n) is 3.45. The molecule has 11 heavy (non-hydrogen) atoms. The van der Waals surface area contributed by atoms with Crippen molar-refractivity contribution < 1.29 is 5.11 Å². The molecule has 0 spiro atoms. The Balaban J connectivity index is 2.49. The third-order valence-electron chi connectivity index (χ3n) is 1.14. The van der Waals surface area contributed by atoms with Gasteiger partial charge in [0.1, 0.15) is 0 Å². The summed E-state index contributed by atoms with van der Waals surface area (Å²) >= 11 is 3.67. The van der Waals surface area contributed by atoms with Gasteiger partial charge in [-0.1, -0.05) is 5.73 Å². The molecule has 1 aliphatic heterocycles. The number of allylic oxidation sites excluding steroid dienone is 2. The summed E-state index contributed by atoms with van der Waals surface area (Å²) in [4.78, 5) is 0. The minimum atomic E-state index is 1.02. The second-order valence-corrected chi connectivity index (χ2v) is 4.46. The molecule has 1 N–H and O–H groups in total. The van der Waals surface area contributed by atoms with Gasteiger partial charge in [0.25, 0.3) is 0 Å². The number of thioether (sulfide) groups is 2. The summed E-state index contributed by atoms with van der Waals surface area (Å²) in [5.74, 6) is 2.40. The van der Waals surface area contributed by atoms with E-state index in [1.807, 2.05) is 23.5 Å². The molecule has 0 aromatic carbocycles. The standard InChI is InChI=1S/C8H10OS2/c9-5-2-1-4-8-10-6-3-7-11-8/h1-2,5,9H,3,6-7H2/b5-2-. The first kappa shape index (κ1) is 8.85. The SMILES string of the molecule is O/C=C\C=C=C1SCCCS1. The van der Waals surface area contributed by atoms with E-state index in [1.54, 1.807) is 12.2 Å². The number of hydrogen-bond donors (Lipinski definition) is 1. The van der Waals surface area contributed by atoms with Gasteiger partial charge >= 0.3 is 0 Å². The predicted molar refractivity (Wildman–Crippen MR) is 52.9 cm³/mol. The van der Waals surface area contributed by atoms with Gasteiger partial charge in [-0.05, 0) is 30.1 Å². The van der Waals surface area contributed by atoms with Gasteiger partial charge in [-0.15, -0.1) is 23.5 Å². The predicted octanol–water partition coefficient (Wildman–Crippen LogP) is 2.92. The van der Waals surface area contributed by atoms with E-state index < -0.39 is 0 Å². The Labute approximate surface area is 75.3 Å². The van der Waals surface area contributed by atoms with Crippen molar-refractivity contribution in [1.29, 1.82) is 0 Å². The van der Waals surface area contributed by atoms with Crippen molar-refractivity contribution in [3.8, 4) is 0 Å². The van der Waals surface area contributed by atoms with Crippen molar-refractivity contribution in [3.63, 3.8) is 0 Å². The second kappa shape index (κ2) is 5.42. The third-order valence-corrected chi connectivity index (χ3v) is 3.59. The lowest BCUT2D eigenvalue weighted by Crippen LogP contribution is -1.89. The largest absolute Gasteiger partial charge is 0.516 e. The van der Waals surface area contributed by atoms with Crippen LogP contribution < -0.4 is 0 Å². The molecule has 1 rings (SSSR count). The molecule has 0 aliphatic carbocycles. The summed E-state index contributed by atoms with van der Waals surface area (Å²) in [6.07, 6.45) is 5.62. The lowest BCUT2D eigenvalue weighted by atomic mass is 10.6. The maximum Gasteiger partial charge on any atom is 0.0825 e. The van der Waals surface area contributed by atoms with Gasteiger partial charge in [0.15, 0.2) is 0 Å². The fourth-order valence-electron chi connectivity index (χ4n) is 0.673. The van der Waals surface area contributed by atoms with E-state index in [-0.39, 0.29) is 0 Å². The van der Waals surface area contributed by atoms with Crippen LogP contribution in [0, 0.1) is 0 Å². The molecule has 1 heterocycles. The lowest BCUT2D eigenvalue weighted by Gasteiger charge is -2.08. The van der Waals surface area contributed by atoms with E-state index in [2.05, 4.69) is 5.73 Å². The van der Waals surface area contributed by atoms with Crippen molar-refractivity contribution in [2.75, 3.05) is 11.5 Å². The molecule has 60 valence electrons.